The lowest BCUT2D eigenvalue weighted by atomic mass is 9.84. The third-order valence-corrected chi connectivity index (χ3v) is 8.96. The summed E-state index contributed by atoms with van der Waals surface area (Å²) in [4.78, 5) is 24.3. The zero-order valence-electron chi connectivity index (χ0n) is 20.5. The van der Waals surface area contributed by atoms with Gasteiger partial charge in [0.25, 0.3) is 0 Å². The Morgan fingerprint density at radius 2 is 1.95 bits per heavy atom. The molecule has 1 amide bonds. The first-order valence-electron chi connectivity index (χ1n) is 12.2. The molecular formula is C29H23F2N5OS. The van der Waals surface area contributed by atoms with E-state index in [-0.39, 0.29) is 28.3 Å². The minimum Gasteiger partial charge on any atom is -0.378 e. The van der Waals surface area contributed by atoms with Gasteiger partial charge in [0.05, 0.1) is 16.8 Å². The number of aromatic nitrogens is 1. The van der Waals surface area contributed by atoms with Gasteiger partial charge < -0.3 is 10.6 Å². The van der Waals surface area contributed by atoms with Crippen LogP contribution >= 0.6 is 11.8 Å². The number of nitrogens with zero attached hydrogens (tertiary/aromatic N) is 4. The molecule has 38 heavy (non-hydrogen) atoms. The monoisotopic (exact) mass is 527 g/mol. The molecule has 1 saturated carbocycles. The number of carbonyl (C=O) groups excluding carboxylic acids is 1. The molecule has 2 N–H and O–H groups in total. The molecule has 3 atom stereocenters. The van der Waals surface area contributed by atoms with Crippen molar-refractivity contribution in [3.05, 3.63) is 100 Å². The second-order valence-corrected chi connectivity index (χ2v) is 11.4. The van der Waals surface area contributed by atoms with Crippen molar-refractivity contribution < 1.29 is 13.6 Å². The highest BCUT2D eigenvalue weighted by atomic mass is 32.2. The highest BCUT2D eigenvalue weighted by Crippen LogP contribution is 2.66. The Morgan fingerprint density at radius 3 is 2.61 bits per heavy atom. The van der Waals surface area contributed by atoms with Crippen LogP contribution in [0.2, 0.25) is 0 Å². The number of nitrogens with two attached hydrogens (primary N) is 1. The number of nitriles is 1. The van der Waals surface area contributed by atoms with Crippen LogP contribution in [0.3, 0.4) is 0 Å². The van der Waals surface area contributed by atoms with Gasteiger partial charge in [0, 0.05) is 30.8 Å². The van der Waals surface area contributed by atoms with Gasteiger partial charge in [-0.15, -0.1) is 0 Å². The third-order valence-electron chi connectivity index (χ3n) is 7.67. The first-order valence-corrected chi connectivity index (χ1v) is 13.0. The Kier molecular flexibility index (Phi) is 5.61. The summed E-state index contributed by atoms with van der Waals surface area (Å²) < 4.78 is 29.4. The number of hydrogen-bond acceptors (Lipinski definition) is 6. The molecule has 1 aliphatic carbocycles. The van der Waals surface area contributed by atoms with Crippen LogP contribution in [0.4, 0.5) is 8.78 Å². The van der Waals surface area contributed by atoms with Crippen LogP contribution in [0.25, 0.3) is 11.9 Å². The molecule has 0 radical (unpaired) electrons. The van der Waals surface area contributed by atoms with E-state index in [4.69, 9.17) is 11.0 Å². The molecular weight excluding hydrogens is 504 g/mol. The first-order chi connectivity index (χ1) is 18.2. The van der Waals surface area contributed by atoms with Crippen LogP contribution in [0.5, 0.6) is 0 Å². The number of hydrogen-bond donors (Lipinski definition) is 1. The van der Waals surface area contributed by atoms with E-state index in [1.807, 2.05) is 35.2 Å². The quantitative estimate of drug-likeness (QED) is 0.507. The predicted molar refractivity (Wildman–Crippen MR) is 142 cm³/mol. The van der Waals surface area contributed by atoms with E-state index in [0.29, 0.717) is 30.6 Å². The summed E-state index contributed by atoms with van der Waals surface area (Å²) in [6.45, 7) is 2.87. The standard InChI is InChI=1S/C29H23F2N5OS/c1-28(21-10-17(6-8-22(21)30)11-23(31)24-9-7-18(13-32)14-34-24)25-12-29(25,38-27(33)35-28)26(37)36-15-19-4-2-3-5-20(19)16-36/h2-11,14,25H,12,15-16H2,1H3,(H2,33,35)/b23-11-/t25-,28+,29-/m0/s1. The van der Waals surface area contributed by atoms with E-state index in [9.17, 15) is 9.18 Å². The van der Waals surface area contributed by atoms with Gasteiger partial charge in [0.2, 0.25) is 5.91 Å². The second-order valence-electron chi connectivity index (χ2n) is 10.1. The van der Waals surface area contributed by atoms with Crippen LogP contribution in [0.1, 0.15) is 46.9 Å². The third kappa shape index (κ3) is 3.87. The lowest BCUT2D eigenvalue weighted by Gasteiger charge is -2.35. The van der Waals surface area contributed by atoms with Crippen LogP contribution in [0, 0.1) is 23.1 Å². The normalized spacial score (nSPS) is 25.7. The second kappa shape index (κ2) is 8.77. The minimum atomic E-state index is -1.09. The SMILES string of the molecule is C[C@]1(c2cc(/C=C(\F)c3ccc(C#N)cn3)ccc2F)N=C(N)S[C@@]2(C(=O)N3Cc4ccccc4C3)C[C@H]21. The minimum absolute atomic E-state index is 0.0119. The molecule has 0 bridgehead atoms. The van der Waals surface area contributed by atoms with Crippen molar-refractivity contribution in [1.82, 2.24) is 9.88 Å². The molecule has 3 aromatic rings. The maximum Gasteiger partial charge on any atom is 0.240 e. The Hall–Kier alpha value is -4.03. The fourth-order valence-corrected chi connectivity index (χ4v) is 7.09. The van der Waals surface area contributed by atoms with Crippen molar-refractivity contribution in [2.75, 3.05) is 0 Å². The van der Waals surface area contributed by atoms with Gasteiger partial charge in [-0.3, -0.25) is 14.8 Å². The number of amidine groups is 1. The number of halogens is 2. The number of benzene rings is 2. The van der Waals surface area contributed by atoms with E-state index >= 15 is 4.39 Å². The average Bonchev–Trinajstić information content (AvgIpc) is 3.51. The maximum atomic E-state index is 15.3. The van der Waals surface area contributed by atoms with E-state index in [0.717, 1.165) is 11.1 Å². The number of thioether (sulfide) groups is 1. The number of carbonyl (C=O) groups is 1. The summed E-state index contributed by atoms with van der Waals surface area (Å²) in [7, 11) is 0. The molecule has 9 heteroatoms. The predicted octanol–water partition coefficient (Wildman–Crippen LogP) is 5.14. The fourth-order valence-electron chi connectivity index (χ4n) is 5.64. The van der Waals surface area contributed by atoms with Crippen molar-refractivity contribution in [2.24, 2.45) is 16.6 Å². The molecule has 2 aromatic carbocycles. The highest BCUT2D eigenvalue weighted by molar-refractivity contribution is 8.15. The fraction of sp³-hybridized carbons (Fsp3) is 0.241. The van der Waals surface area contributed by atoms with Gasteiger partial charge in [0.15, 0.2) is 5.17 Å². The Bertz CT molecular complexity index is 1560. The maximum absolute atomic E-state index is 15.3. The lowest BCUT2D eigenvalue weighted by Crippen LogP contribution is -2.44. The van der Waals surface area contributed by atoms with Crippen molar-refractivity contribution in [1.29, 1.82) is 5.26 Å². The van der Waals surface area contributed by atoms with Gasteiger partial charge in [-0.05, 0) is 60.4 Å². The molecule has 0 saturated heterocycles. The molecule has 6 rings (SSSR count). The van der Waals surface area contributed by atoms with Crippen LogP contribution < -0.4 is 5.73 Å². The highest BCUT2D eigenvalue weighted by Gasteiger charge is 2.71. The zero-order valence-corrected chi connectivity index (χ0v) is 21.3. The Morgan fingerprint density at radius 1 is 1.21 bits per heavy atom. The van der Waals surface area contributed by atoms with Crippen molar-refractivity contribution in [3.63, 3.8) is 0 Å². The number of pyridine rings is 1. The molecule has 3 heterocycles. The number of aliphatic imine (C=N–C) groups is 1. The van der Waals surface area contributed by atoms with Gasteiger partial charge >= 0.3 is 0 Å². The molecule has 6 nitrogen and oxygen atoms in total. The van der Waals surface area contributed by atoms with E-state index in [1.54, 1.807) is 13.0 Å². The Labute approximate surface area is 222 Å². The summed E-state index contributed by atoms with van der Waals surface area (Å²) in [5.74, 6) is -1.39. The van der Waals surface area contributed by atoms with Gasteiger partial charge in [-0.1, -0.05) is 42.1 Å². The molecule has 190 valence electrons. The van der Waals surface area contributed by atoms with Gasteiger partial charge in [-0.2, -0.15) is 5.26 Å². The number of fused-ring (bicyclic) bond motifs is 2. The van der Waals surface area contributed by atoms with Gasteiger partial charge in [0.1, 0.15) is 22.5 Å². The summed E-state index contributed by atoms with van der Waals surface area (Å²) in [5, 5.41) is 9.16. The number of amides is 1. The van der Waals surface area contributed by atoms with E-state index < -0.39 is 21.9 Å². The van der Waals surface area contributed by atoms with Gasteiger partial charge in [-0.25, -0.2) is 8.78 Å². The average molecular weight is 528 g/mol. The van der Waals surface area contributed by atoms with Crippen LogP contribution in [-0.2, 0) is 23.4 Å². The summed E-state index contributed by atoms with van der Waals surface area (Å²) >= 11 is 1.27. The smallest absolute Gasteiger partial charge is 0.240 e. The van der Waals surface area contributed by atoms with Crippen molar-refractivity contribution >= 4 is 34.7 Å². The van der Waals surface area contributed by atoms with E-state index in [2.05, 4.69) is 9.98 Å². The van der Waals surface area contributed by atoms with Crippen LogP contribution in [-0.4, -0.2) is 25.7 Å². The summed E-state index contributed by atoms with van der Waals surface area (Å²) in [6, 6.07) is 17.1. The molecule has 0 spiro atoms. The largest absolute Gasteiger partial charge is 0.378 e. The topological polar surface area (TPSA) is 95.4 Å². The molecule has 1 fully saturated rings. The van der Waals surface area contributed by atoms with Crippen molar-refractivity contribution in [2.45, 2.75) is 36.7 Å². The summed E-state index contributed by atoms with van der Waals surface area (Å²) in [5.41, 5.74) is 8.50. The van der Waals surface area contributed by atoms with Crippen LogP contribution in [0.15, 0.2) is 65.8 Å². The van der Waals surface area contributed by atoms with E-state index in [1.165, 1.54) is 48.3 Å². The number of rotatable bonds is 4. The molecule has 2 aliphatic heterocycles. The summed E-state index contributed by atoms with van der Waals surface area (Å²) in [6.07, 6.45) is 3.07. The molecule has 3 aliphatic rings. The van der Waals surface area contributed by atoms with Crippen molar-refractivity contribution in [3.8, 4) is 6.07 Å². The first kappa shape index (κ1) is 24.3. The molecule has 0 unspecified atom stereocenters. The zero-order chi connectivity index (χ0) is 26.7. The Balaban J connectivity index is 1.31. The molecule has 1 aromatic heterocycles. The lowest BCUT2D eigenvalue weighted by molar-refractivity contribution is -0.132.